The van der Waals surface area contributed by atoms with Crippen LogP contribution in [0.4, 0.5) is 0 Å². The number of phenolic OH excluding ortho intramolecular Hbond substituents is 1. The van der Waals surface area contributed by atoms with Crippen LogP contribution in [0, 0.1) is 0 Å². The summed E-state index contributed by atoms with van der Waals surface area (Å²) in [6.07, 6.45) is -0.0125. The molecule has 0 spiro atoms. The minimum Gasteiger partial charge on any atom is -0.508 e. The lowest BCUT2D eigenvalue weighted by Gasteiger charge is -2.21. The Kier molecular flexibility index (Phi) is 7.80. The predicted molar refractivity (Wildman–Crippen MR) is 107 cm³/mol. The Hall–Kier alpha value is -2.85. The number of aliphatic hydroxyl groups excluding tert-OH is 1. The van der Waals surface area contributed by atoms with Gasteiger partial charge in [-0.3, -0.25) is 11.5 Å². The van der Waals surface area contributed by atoms with E-state index in [4.69, 9.17) is 26.0 Å². The minimum atomic E-state index is -2.28. The Morgan fingerprint density at radius 3 is 2.28 bits per heavy atom. The molecule has 0 aliphatic carbocycles. The Morgan fingerprint density at radius 1 is 1.10 bits per heavy atom. The summed E-state index contributed by atoms with van der Waals surface area (Å²) in [5, 5.41) is 31.4. The van der Waals surface area contributed by atoms with E-state index in [9.17, 15) is 15.0 Å². The molecule has 0 fully saturated rings. The van der Waals surface area contributed by atoms with Crippen molar-refractivity contribution in [1.29, 1.82) is 0 Å². The average Bonchev–Trinajstić information content (AvgIpc) is 2.67. The van der Waals surface area contributed by atoms with Crippen molar-refractivity contribution < 1.29 is 29.6 Å². The van der Waals surface area contributed by atoms with Gasteiger partial charge in [-0.1, -0.05) is 12.1 Å². The van der Waals surface area contributed by atoms with Gasteiger partial charge in [-0.25, -0.2) is 4.79 Å². The number of aliphatic carboxylic acids is 1. The fourth-order valence-electron chi connectivity index (χ4n) is 2.49. The van der Waals surface area contributed by atoms with Gasteiger partial charge in [-0.2, -0.15) is 0 Å². The smallest absolute Gasteiger partial charge is 0.380 e. The van der Waals surface area contributed by atoms with Crippen molar-refractivity contribution in [2.75, 3.05) is 13.2 Å². The summed E-state index contributed by atoms with van der Waals surface area (Å²) in [5.74, 6) is -2.77. The summed E-state index contributed by atoms with van der Waals surface area (Å²) in [5.41, 5.74) is 11.7. The molecule has 2 aromatic carbocycles. The number of hydrogen-bond acceptors (Lipinski definition) is 8. The number of benzene rings is 2. The van der Waals surface area contributed by atoms with Gasteiger partial charge in [0.05, 0.1) is 0 Å². The molecular weight excluding hydrogens is 378 g/mol. The zero-order chi connectivity index (χ0) is 21.4. The lowest BCUT2D eigenvalue weighted by atomic mass is 10.1. The number of hydrogen-bond donors (Lipinski definition) is 6. The van der Waals surface area contributed by atoms with Crippen molar-refractivity contribution in [1.82, 2.24) is 5.32 Å². The molecule has 2 atom stereocenters. The van der Waals surface area contributed by atoms with Gasteiger partial charge < -0.3 is 30.1 Å². The number of ether oxygens (including phenoxy) is 2. The summed E-state index contributed by atoms with van der Waals surface area (Å²) >= 11 is 0. The number of aromatic hydroxyl groups is 1. The van der Waals surface area contributed by atoms with Gasteiger partial charge in [-0.05, 0) is 55.3 Å². The summed E-state index contributed by atoms with van der Waals surface area (Å²) in [6, 6.07) is 13.1. The molecule has 2 unspecified atom stereocenters. The monoisotopic (exact) mass is 405 g/mol. The molecule has 0 aliphatic rings. The second-order valence-corrected chi connectivity index (χ2v) is 6.82. The van der Waals surface area contributed by atoms with Crippen LogP contribution in [0.5, 0.6) is 17.2 Å². The molecule has 2 aromatic rings. The first-order valence-electron chi connectivity index (χ1n) is 9.08. The SMILES string of the molecule is CC(Cc1ccc(OC(N)(N)C(=O)O)cc1)NCC(O)COc1ccc(O)cc1. The van der Waals surface area contributed by atoms with E-state index in [0.29, 0.717) is 18.7 Å². The molecular formula is C20H27N3O6. The van der Waals surface area contributed by atoms with E-state index < -0.39 is 17.9 Å². The maximum atomic E-state index is 10.9. The molecule has 0 heterocycles. The number of carboxylic acid groups (broad SMARTS) is 1. The molecule has 0 bridgehead atoms. The normalized spacial score (nSPS) is 13.5. The van der Waals surface area contributed by atoms with E-state index in [-0.39, 0.29) is 24.1 Å². The summed E-state index contributed by atoms with van der Waals surface area (Å²) in [4.78, 5) is 10.9. The fraction of sp³-hybridized carbons (Fsp3) is 0.350. The Balaban J connectivity index is 1.73. The maximum Gasteiger partial charge on any atom is 0.380 e. The van der Waals surface area contributed by atoms with Crippen LogP contribution in [0.3, 0.4) is 0 Å². The van der Waals surface area contributed by atoms with Crippen molar-refractivity contribution in [2.45, 2.75) is 31.3 Å². The van der Waals surface area contributed by atoms with E-state index in [1.165, 1.54) is 12.1 Å². The van der Waals surface area contributed by atoms with E-state index in [0.717, 1.165) is 5.56 Å². The van der Waals surface area contributed by atoms with Crippen molar-refractivity contribution in [2.24, 2.45) is 11.5 Å². The predicted octanol–water partition coefficient (Wildman–Crippen LogP) is 0.387. The number of carbonyl (C=O) groups is 1. The van der Waals surface area contributed by atoms with Gasteiger partial charge in [0, 0.05) is 12.6 Å². The third-order valence-corrected chi connectivity index (χ3v) is 4.07. The molecule has 0 saturated carbocycles. The molecule has 0 amide bonds. The van der Waals surface area contributed by atoms with Crippen molar-refractivity contribution >= 4 is 5.97 Å². The quantitative estimate of drug-likeness (QED) is 0.291. The molecule has 158 valence electrons. The van der Waals surface area contributed by atoms with Crippen molar-refractivity contribution in [3.63, 3.8) is 0 Å². The van der Waals surface area contributed by atoms with Gasteiger partial charge in [-0.15, -0.1) is 0 Å². The van der Waals surface area contributed by atoms with Crippen LogP contribution in [-0.2, 0) is 11.2 Å². The third-order valence-electron chi connectivity index (χ3n) is 4.07. The lowest BCUT2D eigenvalue weighted by Crippen LogP contribution is -2.61. The van der Waals surface area contributed by atoms with E-state index >= 15 is 0 Å². The fourth-order valence-corrected chi connectivity index (χ4v) is 2.49. The number of aliphatic hydroxyl groups is 1. The van der Waals surface area contributed by atoms with E-state index in [2.05, 4.69) is 5.32 Å². The molecule has 8 N–H and O–H groups in total. The number of rotatable bonds is 11. The van der Waals surface area contributed by atoms with Crippen molar-refractivity contribution in [3.05, 3.63) is 54.1 Å². The average molecular weight is 405 g/mol. The molecule has 0 radical (unpaired) electrons. The van der Waals surface area contributed by atoms with Gasteiger partial charge in [0.15, 0.2) is 0 Å². The number of nitrogens with one attached hydrogen (secondary N) is 1. The molecule has 9 nitrogen and oxygen atoms in total. The second-order valence-electron chi connectivity index (χ2n) is 6.82. The van der Waals surface area contributed by atoms with E-state index in [1.807, 2.05) is 6.92 Å². The standard InChI is InChI=1S/C20H27N3O6/c1-13(23-11-16(25)12-28-17-8-4-15(24)5-9-17)10-14-2-6-18(7-3-14)29-20(21,22)19(26)27/h2-9,13,16,23-25H,10-12,21-22H2,1H3,(H,26,27). The van der Waals surface area contributed by atoms with Gasteiger partial charge in [0.1, 0.15) is 30.0 Å². The zero-order valence-corrected chi connectivity index (χ0v) is 16.1. The molecule has 29 heavy (non-hydrogen) atoms. The molecule has 2 rings (SSSR count). The first kappa shape index (κ1) is 22.4. The highest BCUT2D eigenvalue weighted by Gasteiger charge is 2.31. The third kappa shape index (κ3) is 7.59. The minimum absolute atomic E-state index is 0.0761. The highest BCUT2D eigenvalue weighted by molar-refractivity contribution is 5.76. The number of phenols is 1. The van der Waals surface area contributed by atoms with Gasteiger partial charge >= 0.3 is 11.8 Å². The van der Waals surface area contributed by atoms with Crippen LogP contribution >= 0.6 is 0 Å². The lowest BCUT2D eigenvalue weighted by molar-refractivity contribution is -0.154. The Morgan fingerprint density at radius 2 is 1.69 bits per heavy atom. The molecule has 0 aromatic heterocycles. The number of carboxylic acids is 1. The summed E-state index contributed by atoms with van der Waals surface area (Å²) < 4.78 is 10.5. The van der Waals surface area contributed by atoms with Crippen LogP contribution in [0.25, 0.3) is 0 Å². The van der Waals surface area contributed by atoms with Crippen molar-refractivity contribution in [3.8, 4) is 17.2 Å². The molecule has 0 saturated heterocycles. The molecule has 9 heteroatoms. The van der Waals surface area contributed by atoms with Crippen LogP contribution < -0.4 is 26.3 Å². The number of nitrogens with two attached hydrogens (primary N) is 2. The summed E-state index contributed by atoms with van der Waals surface area (Å²) in [7, 11) is 0. The highest BCUT2D eigenvalue weighted by Crippen LogP contribution is 2.17. The first-order chi connectivity index (χ1) is 13.7. The Labute approximate surface area is 168 Å². The van der Waals surface area contributed by atoms with Crippen LogP contribution in [0.15, 0.2) is 48.5 Å². The van der Waals surface area contributed by atoms with Gasteiger partial charge in [0.2, 0.25) is 0 Å². The van der Waals surface area contributed by atoms with Crippen LogP contribution in [0.1, 0.15) is 12.5 Å². The van der Waals surface area contributed by atoms with Crippen LogP contribution in [-0.4, -0.2) is 52.4 Å². The molecule has 0 aliphatic heterocycles. The van der Waals surface area contributed by atoms with Crippen LogP contribution in [0.2, 0.25) is 0 Å². The summed E-state index contributed by atoms with van der Waals surface area (Å²) in [6.45, 7) is 2.45. The topological polar surface area (TPSA) is 160 Å². The largest absolute Gasteiger partial charge is 0.508 e. The maximum absolute atomic E-state index is 10.9. The van der Waals surface area contributed by atoms with E-state index in [1.54, 1.807) is 36.4 Å². The first-order valence-corrected chi connectivity index (χ1v) is 9.08. The second kappa shape index (κ2) is 10.1. The van der Waals surface area contributed by atoms with Gasteiger partial charge in [0.25, 0.3) is 0 Å². The highest BCUT2D eigenvalue weighted by atomic mass is 16.6. The zero-order valence-electron chi connectivity index (χ0n) is 16.1. The Bertz CT molecular complexity index is 780.